The molecule has 5 heteroatoms. The van der Waals surface area contributed by atoms with E-state index in [9.17, 15) is 9.59 Å². The van der Waals surface area contributed by atoms with E-state index in [-0.39, 0.29) is 17.8 Å². The Morgan fingerprint density at radius 1 is 1.23 bits per heavy atom. The van der Waals surface area contributed by atoms with Gasteiger partial charge in [-0.1, -0.05) is 18.2 Å². The monoisotopic (exact) mass is 304 g/mol. The first kappa shape index (κ1) is 16.3. The van der Waals surface area contributed by atoms with Gasteiger partial charge in [0.2, 0.25) is 5.91 Å². The van der Waals surface area contributed by atoms with Gasteiger partial charge in [-0.15, -0.1) is 0 Å². The molecule has 0 spiro atoms. The largest absolute Gasteiger partial charge is 0.464 e. The van der Waals surface area contributed by atoms with Crippen molar-refractivity contribution in [1.29, 1.82) is 0 Å². The van der Waals surface area contributed by atoms with Gasteiger partial charge in [-0.05, 0) is 25.0 Å². The fraction of sp³-hybridized carbons (Fsp3) is 0.529. The lowest BCUT2D eigenvalue weighted by atomic mass is 9.97. The van der Waals surface area contributed by atoms with E-state index in [4.69, 9.17) is 4.74 Å². The average molecular weight is 304 g/mol. The van der Waals surface area contributed by atoms with Gasteiger partial charge in [-0.25, -0.2) is 0 Å². The van der Waals surface area contributed by atoms with Crippen LogP contribution in [0.3, 0.4) is 0 Å². The maximum atomic E-state index is 12.0. The van der Waals surface area contributed by atoms with Crippen molar-refractivity contribution in [2.45, 2.75) is 19.8 Å². The minimum Gasteiger partial charge on any atom is -0.464 e. The number of ether oxygens (including phenoxy) is 1. The number of hydrogen-bond donors (Lipinski definition) is 0. The highest BCUT2D eigenvalue weighted by molar-refractivity contribution is 5.75. The van der Waals surface area contributed by atoms with Gasteiger partial charge in [0.25, 0.3) is 0 Å². The lowest BCUT2D eigenvalue weighted by molar-refractivity contribution is -0.151. The summed E-state index contributed by atoms with van der Waals surface area (Å²) in [6, 6.07) is 10.0. The quantitative estimate of drug-likeness (QED) is 0.780. The van der Waals surface area contributed by atoms with E-state index >= 15 is 0 Å². The Kier molecular flexibility index (Phi) is 5.81. The Bertz CT molecular complexity index is 496. The van der Waals surface area contributed by atoms with Crippen molar-refractivity contribution < 1.29 is 14.3 Å². The number of anilines is 1. The van der Waals surface area contributed by atoms with Crippen LogP contribution in [0, 0.1) is 5.92 Å². The molecule has 1 aromatic rings. The highest BCUT2D eigenvalue weighted by atomic mass is 16.5. The number of esters is 1. The number of carbonyl (C=O) groups excluding carboxylic acids is 2. The maximum absolute atomic E-state index is 12.0. The number of likely N-dealkylation sites (tertiary alicyclic amines) is 1. The number of benzene rings is 1. The Balaban J connectivity index is 1.69. The Morgan fingerprint density at radius 2 is 1.86 bits per heavy atom. The molecule has 0 saturated carbocycles. The van der Waals surface area contributed by atoms with Crippen LogP contribution < -0.4 is 4.90 Å². The molecule has 1 saturated heterocycles. The van der Waals surface area contributed by atoms with E-state index in [1.165, 1.54) is 0 Å². The van der Waals surface area contributed by atoms with Gasteiger partial charge in [0.05, 0.1) is 12.5 Å². The van der Waals surface area contributed by atoms with Crippen LogP contribution in [0.5, 0.6) is 0 Å². The molecule has 0 unspecified atom stereocenters. The molecular weight excluding hydrogens is 280 g/mol. The van der Waals surface area contributed by atoms with Gasteiger partial charge >= 0.3 is 5.97 Å². The van der Waals surface area contributed by atoms with Crippen molar-refractivity contribution in [3.63, 3.8) is 0 Å². The molecule has 5 nitrogen and oxygen atoms in total. The van der Waals surface area contributed by atoms with Crippen molar-refractivity contribution >= 4 is 17.6 Å². The minimum absolute atomic E-state index is 0.0716. The first-order chi connectivity index (χ1) is 10.6. The van der Waals surface area contributed by atoms with Crippen molar-refractivity contribution in [3.05, 3.63) is 30.3 Å². The number of para-hydroxylation sites is 1. The van der Waals surface area contributed by atoms with Crippen molar-refractivity contribution in [3.8, 4) is 0 Å². The van der Waals surface area contributed by atoms with Crippen molar-refractivity contribution in [2.24, 2.45) is 5.92 Å². The summed E-state index contributed by atoms with van der Waals surface area (Å²) < 4.78 is 5.39. The molecule has 1 aliphatic heterocycles. The zero-order chi connectivity index (χ0) is 15.9. The summed E-state index contributed by atoms with van der Waals surface area (Å²) in [6.45, 7) is 3.93. The van der Waals surface area contributed by atoms with Crippen LogP contribution in [0.25, 0.3) is 0 Å². The van der Waals surface area contributed by atoms with Crippen LogP contribution in [-0.4, -0.2) is 50.1 Å². The fourth-order valence-corrected chi connectivity index (χ4v) is 2.64. The number of hydrogen-bond acceptors (Lipinski definition) is 4. The highest BCUT2D eigenvalue weighted by Gasteiger charge is 2.27. The Labute approximate surface area is 131 Å². The number of likely N-dealkylation sites (N-methyl/N-ethyl adjacent to an activating group) is 1. The highest BCUT2D eigenvalue weighted by Crippen LogP contribution is 2.18. The smallest absolute Gasteiger partial charge is 0.309 e. The molecule has 0 aromatic heterocycles. The summed E-state index contributed by atoms with van der Waals surface area (Å²) >= 11 is 0. The van der Waals surface area contributed by atoms with Crippen LogP contribution in [0.4, 0.5) is 5.69 Å². The van der Waals surface area contributed by atoms with Gasteiger partial charge < -0.3 is 14.5 Å². The lowest BCUT2D eigenvalue weighted by Gasteiger charge is -2.30. The van der Waals surface area contributed by atoms with Gasteiger partial charge in [-0.2, -0.15) is 0 Å². The second kappa shape index (κ2) is 7.82. The molecule has 1 aliphatic rings. The first-order valence-corrected chi connectivity index (χ1v) is 7.76. The first-order valence-electron chi connectivity index (χ1n) is 7.76. The summed E-state index contributed by atoms with van der Waals surface area (Å²) in [5.74, 6) is -0.126. The van der Waals surface area contributed by atoms with Gasteiger partial charge in [0.15, 0.2) is 0 Å². The van der Waals surface area contributed by atoms with E-state index in [1.54, 1.807) is 11.8 Å². The summed E-state index contributed by atoms with van der Waals surface area (Å²) in [5.41, 5.74) is 1.10. The molecular formula is C17H24N2O3. The molecule has 0 N–H and O–H groups in total. The van der Waals surface area contributed by atoms with Gasteiger partial charge in [0, 0.05) is 32.7 Å². The third-order valence-electron chi connectivity index (χ3n) is 4.14. The van der Waals surface area contributed by atoms with Gasteiger partial charge in [0.1, 0.15) is 6.61 Å². The zero-order valence-corrected chi connectivity index (χ0v) is 13.3. The van der Waals surface area contributed by atoms with E-state index in [1.807, 2.05) is 37.4 Å². The molecule has 0 radical (unpaired) electrons. The summed E-state index contributed by atoms with van der Waals surface area (Å²) in [4.78, 5) is 27.2. The number of amides is 1. The van der Waals surface area contributed by atoms with Crippen LogP contribution in [-0.2, 0) is 14.3 Å². The number of piperidine rings is 1. The van der Waals surface area contributed by atoms with Crippen LogP contribution in [0.15, 0.2) is 30.3 Å². The van der Waals surface area contributed by atoms with Crippen LogP contribution in [0.2, 0.25) is 0 Å². The lowest BCUT2D eigenvalue weighted by Crippen LogP contribution is -2.39. The summed E-state index contributed by atoms with van der Waals surface area (Å²) in [5, 5.41) is 0. The van der Waals surface area contributed by atoms with Gasteiger partial charge in [-0.3, -0.25) is 9.59 Å². The molecule has 1 aromatic carbocycles. The summed E-state index contributed by atoms with van der Waals surface area (Å²) in [6.07, 6.45) is 1.40. The number of rotatable bonds is 5. The minimum atomic E-state index is -0.135. The molecule has 0 atom stereocenters. The van der Waals surface area contributed by atoms with Crippen molar-refractivity contribution in [1.82, 2.24) is 4.90 Å². The second-order valence-electron chi connectivity index (χ2n) is 5.70. The molecule has 1 fully saturated rings. The predicted molar refractivity (Wildman–Crippen MR) is 85.6 cm³/mol. The molecule has 2 rings (SSSR count). The third kappa shape index (κ3) is 4.48. The second-order valence-corrected chi connectivity index (χ2v) is 5.70. The Morgan fingerprint density at radius 3 is 2.45 bits per heavy atom. The molecule has 0 aliphatic carbocycles. The molecule has 22 heavy (non-hydrogen) atoms. The molecule has 120 valence electrons. The van der Waals surface area contributed by atoms with Crippen LogP contribution in [0.1, 0.15) is 19.8 Å². The number of nitrogens with zero attached hydrogens (tertiary/aromatic N) is 2. The molecule has 0 bridgehead atoms. The topological polar surface area (TPSA) is 49.9 Å². The SMILES string of the molecule is CC(=O)N1CCC(C(=O)OCCN(C)c2ccccc2)CC1. The summed E-state index contributed by atoms with van der Waals surface area (Å²) in [7, 11) is 1.98. The van der Waals surface area contributed by atoms with Crippen molar-refractivity contribution in [2.75, 3.05) is 38.2 Å². The zero-order valence-electron chi connectivity index (χ0n) is 13.3. The van der Waals surface area contributed by atoms with E-state index in [2.05, 4.69) is 4.90 Å². The third-order valence-corrected chi connectivity index (χ3v) is 4.14. The van der Waals surface area contributed by atoms with E-state index in [0.29, 0.717) is 39.1 Å². The maximum Gasteiger partial charge on any atom is 0.309 e. The number of carbonyl (C=O) groups is 2. The normalized spacial score (nSPS) is 15.5. The predicted octanol–water partition coefficient (Wildman–Crippen LogP) is 1.92. The Hall–Kier alpha value is -2.04. The standard InChI is InChI=1S/C17H24N2O3/c1-14(20)19-10-8-15(9-11-19)17(21)22-13-12-18(2)16-6-4-3-5-7-16/h3-7,15H,8-13H2,1-2H3. The molecule has 1 heterocycles. The van der Waals surface area contributed by atoms with E-state index < -0.39 is 0 Å². The van der Waals surface area contributed by atoms with Crippen LogP contribution >= 0.6 is 0 Å². The fourth-order valence-electron chi connectivity index (χ4n) is 2.64. The average Bonchev–Trinajstić information content (AvgIpc) is 2.55. The van der Waals surface area contributed by atoms with E-state index in [0.717, 1.165) is 5.69 Å². The molecule has 1 amide bonds.